The lowest BCUT2D eigenvalue weighted by molar-refractivity contribution is -0.116. The van der Waals surface area contributed by atoms with Gasteiger partial charge in [0.1, 0.15) is 0 Å². The van der Waals surface area contributed by atoms with Crippen LogP contribution in [0.25, 0.3) is 0 Å². The Morgan fingerprint density at radius 1 is 1.25 bits per heavy atom. The summed E-state index contributed by atoms with van der Waals surface area (Å²) in [5.41, 5.74) is 0. The molecule has 0 spiro atoms. The number of rotatable bonds is 3. The van der Waals surface area contributed by atoms with E-state index in [4.69, 9.17) is 0 Å². The Morgan fingerprint density at radius 3 is 2.56 bits per heavy atom. The molecule has 0 aliphatic heterocycles. The van der Waals surface area contributed by atoms with Crippen molar-refractivity contribution in [2.75, 3.05) is 6.54 Å². The number of hydrogen-bond acceptors (Lipinski definition) is 1. The summed E-state index contributed by atoms with van der Waals surface area (Å²) in [4.78, 5) is 11.2. The summed E-state index contributed by atoms with van der Waals surface area (Å²) < 4.78 is 0. The van der Waals surface area contributed by atoms with Crippen LogP contribution in [0.5, 0.6) is 0 Å². The molecular weight excluding hydrogens is 198 g/mol. The first kappa shape index (κ1) is 13.9. The van der Waals surface area contributed by atoms with Crippen LogP contribution in [-0.2, 0) is 4.79 Å². The number of carbonyl (C=O) groups is 1. The first-order chi connectivity index (χ1) is 7.66. The molecule has 0 radical (unpaired) electrons. The van der Waals surface area contributed by atoms with Gasteiger partial charge in [-0.15, -0.1) is 0 Å². The molecule has 1 amide bonds. The highest BCUT2D eigenvalue weighted by Gasteiger charge is 1.95. The fourth-order valence-corrected chi connectivity index (χ4v) is 0.684. The van der Waals surface area contributed by atoms with E-state index in [9.17, 15) is 4.79 Å². The Morgan fingerprint density at radius 2 is 1.94 bits per heavy atom. The third-order valence-electron chi connectivity index (χ3n) is 1.39. The van der Waals surface area contributed by atoms with Crippen LogP contribution in [0.2, 0.25) is 0 Å². The minimum Gasteiger partial charge on any atom is -0.352 e. The molecule has 0 aliphatic carbocycles. The number of amides is 1. The molecule has 0 rings (SSSR count). The van der Waals surface area contributed by atoms with Crippen LogP contribution >= 0.6 is 0 Å². The van der Waals surface area contributed by atoms with Crippen molar-refractivity contribution in [3.05, 3.63) is 12.2 Å². The second kappa shape index (κ2) is 9.45. The highest BCUT2D eigenvalue weighted by atomic mass is 16.1. The van der Waals surface area contributed by atoms with Gasteiger partial charge in [0.05, 0.1) is 0 Å². The van der Waals surface area contributed by atoms with E-state index in [1.165, 1.54) is 12.2 Å². The van der Waals surface area contributed by atoms with Crippen LogP contribution < -0.4 is 5.32 Å². The number of hydrogen-bond donors (Lipinski definition) is 1. The molecule has 0 aromatic carbocycles. The SMILES string of the molecule is CC#CC#CC#CC=CC(=O)NCC(C)C. The maximum atomic E-state index is 11.2. The standard InChI is InChI=1S/C14H15NO/c1-4-5-6-7-8-9-10-11-14(16)15-12-13(2)3/h10-11,13H,12H2,1-3H3,(H,15,16). The molecule has 16 heavy (non-hydrogen) atoms. The van der Waals surface area contributed by atoms with Crippen LogP contribution in [0.1, 0.15) is 20.8 Å². The molecule has 2 nitrogen and oxygen atoms in total. The van der Waals surface area contributed by atoms with Gasteiger partial charge in [-0.05, 0) is 42.6 Å². The normalized spacial score (nSPS) is 8.25. The molecule has 0 heterocycles. The van der Waals surface area contributed by atoms with Gasteiger partial charge in [-0.25, -0.2) is 0 Å². The summed E-state index contributed by atoms with van der Waals surface area (Å²) in [6.45, 7) is 6.45. The minimum atomic E-state index is -0.135. The zero-order valence-electron chi connectivity index (χ0n) is 9.85. The van der Waals surface area contributed by atoms with Crippen LogP contribution in [0.3, 0.4) is 0 Å². The molecule has 0 saturated carbocycles. The van der Waals surface area contributed by atoms with E-state index >= 15 is 0 Å². The zero-order valence-corrected chi connectivity index (χ0v) is 9.85. The molecule has 0 aromatic heterocycles. The molecule has 0 unspecified atom stereocenters. The van der Waals surface area contributed by atoms with Gasteiger partial charge in [0.2, 0.25) is 5.91 Å². The summed E-state index contributed by atoms with van der Waals surface area (Å²) >= 11 is 0. The molecule has 82 valence electrons. The summed E-state index contributed by atoms with van der Waals surface area (Å²) in [6.07, 6.45) is 2.87. The zero-order chi connectivity index (χ0) is 12.2. The highest BCUT2D eigenvalue weighted by Crippen LogP contribution is 1.86. The summed E-state index contributed by atoms with van der Waals surface area (Å²) in [5, 5.41) is 2.74. The Hall–Kier alpha value is -2.11. The predicted octanol–water partition coefficient (Wildman–Crippen LogP) is 1.34. The fourth-order valence-electron chi connectivity index (χ4n) is 0.684. The average Bonchev–Trinajstić information content (AvgIpc) is 2.25. The second-order valence-electron chi connectivity index (χ2n) is 3.37. The molecule has 0 atom stereocenters. The van der Waals surface area contributed by atoms with Gasteiger partial charge in [-0.2, -0.15) is 0 Å². The van der Waals surface area contributed by atoms with Crippen molar-refractivity contribution in [1.29, 1.82) is 0 Å². The molecule has 2 heteroatoms. The van der Waals surface area contributed by atoms with E-state index in [1.807, 2.05) is 13.8 Å². The summed E-state index contributed by atoms with van der Waals surface area (Å²) in [7, 11) is 0. The van der Waals surface area contributed by atoms with Crippen LogP contribution in [-0.4, -0.2) is 12.5 Å². The maximum Gasteiger partial charge on any atom is 0.244 e. The highest BCUT2D eigenvalue weighted by molar-refractivity contribution is 5.87. The molecule has 0 fully saturated rings. The lowest BCUT2D eigenvalue weighted by Gasteiger charge is -2.03. The van der Waals surface area contributed by atoms with Crippen LogP contribution in [0, 0.1) is 41.4 Å². The Labute approximate surface area is 97.5 Å². The average molecular weight is 213 g/mol. The number of nitrogens with one attached hydrogen (secondary N) is 1. The van der Waals surface area contributed by atoms with Gasteiger partial charge in [-0.1, -0.05) is 25.7 Å². The number of allylic oxidation sites excluding steroid dienone is 1. The first-order valence-electron chi connectivity index (χ1n) is 5.03. The monoisotopic (exact) mass is 213 g/mol. The van der Waals surface area contributed by atoms with E-state index in [0.717, 1.165) is 0 Å². The summed E-state index contributed by atoms with van der Waals surface area (Å²) in [5.74, 6) is 15.8. The second-order valence-corrected chi connectivity index (χ2v) is 3.37. The van der Waals surface area contributed by atoms with E-state index < -0.39 is 0 Å². The van der Waals surface area contributed by atoms with Gasteiger partial charge in [0.25, 0.3) is 0 Å². The molecule has 0 aromatic rings. The Kier molecular flexibility index (Phi) is 8.20. The summed E-state index contributed by atoms with van der Waals surface area (Å²) in [6, 6.07) is 0. The van der Waals surface area contributed by atoms with Crippen molar-refractivity contribution in [3.8, 4) is 35.5 Å². The van der Waals surface area contributed by atoms with E-state index in [1.54, 1.807) is 6.92 Å². The van der Waals surface area contributed by atoms with Crippen molar-refractivity contribution in [1.82, 2.24) is 5.32 Å². The number of carbonyl (C=O) groups excluding carboxylic acids is 1. The maximum absolute atomic E-state index is 11.2. The van der Waals surface area contributed by atoms with Crippen LogP contribution in [0.4, 0.5) is 0 Å². The molecule has 0 saturated heterocycles. The quantitative estimate of drug-likeness (QED) is 0.556. The topological polar surface area (TPSA) is 29.1 Å². The van der Waals surface area contributed by atoms with Gasteiger partial charge in [-0.3, -0.25) is 4.79 Å². The van der Waals surface area contributed by atoms with Gasteiger partial charge in [0, 0.05) is 12.6 Å². The Balaban J connectivity index is 3.96. The van der Waals surface area contributed by atoms with E-state index in [-0.39, 0.29) is 5.91 Å². The van der Waals surface area contributed by atoms with Crippen molar-refractivity contribution >= 4 is 5.91 Å². The Bertz CT molecular complexity index is 425. The lowest BCUT2D eigenvalue weighted by atomic mass is 10.2. The van der Waals surface area contributed by atoms with E-state index in [0.29, 0.717) is 12.5 Å². The van der Waals surface area contributed by atoms with Crippen molar-refractivity contribution in [2.24, 2.45) is 5.92 Å². The largest absolute Gasteiger partial charge is 0.352 e. The third kappa shape index (κ3) is 9.97. The predicted molar refractivity (Wildman–Crippen MR) is 66.0 cm³/mol. The van der Waals surface area contributed by atoms with Crippen molar-refractivity contribution in [3.63, 3.8) is 0 Å². The van der Waals surface area contributed by atoms with Gasteiger partial charge < -0.3 is 5.32 Å². The molecule has 0 bridgehead atoms. The minimum absolute atomic E-state index is 0.135. The molecular formula is C14H15NO. The lowest BCUT2D eigenvalue weighted by Crippen LogP contribution is -2.25. The van der Waals surface area contributed by atoms with Crippen molar-refractivity contribution < 1.29 is 4.79 Å². The van der Waals surface area contributed by atoms with E-state index in [2.05, 4.69) is 40.8 Å². The third-order valence-corrected chi connectivity index (χ3v) is 1.39. The van der Waals surface area contributed by atoms with Gasteiger partial charge in [0.15, 0.2) is 0 Å². The molecule has 0 aliphatic rings. The van der Waals surface area contributed by atoms with Crippen LogP contribution in [0.15, 0.2) is 12.2 Å². The van der Waals surface area contributed by atoms with Crippen molar-refractivity contribution in [2.45, 2.75) is 20.8 Å². The first-order valence-corrected chi connectivity index (χ1v) is 5.03. The smallest absolute Gasteiger partial charge is 0.244 e. The van der Waals surface area contributed by atoms with Gasteiger partial charge >= 0.3 is 0 Å². The fraction of sp³-hybridized carbons (Fsp3) is 0.357. The molecule has 1 N–H and O–H groups in total.